The van der Waals surface area contributed by atoms with Crippen molar-refractivity contribution in [2.75, 3.05) is 25.8 Å². The van der Waals surface area contributed by atoms with Crippen molar-refractivity contribution in [3.05, 3.63) is 47.3 Å². The highest BCUT2D eigenvalue weighted by Gasteiger charge is 2.52. The first-order valence-electron chi connectivity index (χ1n) is 9.41. The molecule has 0 saturated carbocycles. The zero-order chi connectivity index (χ0) is 20.6. The fourth-order valence-electron chi connectivity index (χ4n) is 3.77. The van der Waals surface area contributed by atoms with Crippen molar-refractivity contribution in [2.24, 2.45) is 0 Å². The molecule has 0 saturated heterocycles. The van der Waals surface area contributed by atoms with E-state index in [1.807, 2.05) is 6.92 Å². The van der Waals surface area contributed by atoms with E-state index in [1.54, 1.807) is 18.2 Å². The highest BCUT2D eigenvalue weighted by Crippen LogP contribution is 2.50. The minimum atomic E-state index is -1.64. The van der Waals surface area contributed by atoms with Gasteiger partial charge in [0.25, 0.3) is 5.91 Å². The summed E-state index contributed by atoms with van der Waals surface area (Å²) < 4.78 is 36.8. The molecule has 0 radical (unpaired) electrons. The molecule has 29 heavy (non-hydrogen) atoms. The lowest BCUT2D eigenvalue weighted by molar-refractivity contribution is -0.132. The quantitative estimate of drug-likeness (QED) is 0.739. The van der Waals surface area contributed by atoms with E-state index < -0.39 is 23.4 Å². The van der Waals surface area contributed by atoms with Crippen molar-refractivity contribution in [1.29, 1.82) is 0 Å². The van der Waals surface area contributed by atoms with E-state index >= 15 is 0 Å². The standard InChI is InChI=1S/C21H22FNO6/c1-3-5-12(24)10-27-16-9-18-17(28-11-29-18)8-14(16)21(26-2)13-6-4-7-15(22)19(13)23-20(21)25/h4,6-9,12,24H,3,5,10-11H2,1-2H3,(H,23,25)/t12-,21?/m1/s1. The number of rotatable bonds is 7. The zero-order valence-corrected chi connectivity index (χ0v) is 16.2. The number of anilines is 1. The summed E-state index contributed by atoms with van der Waals surface area (Å²) in [4.78, 5) is 13.1. The summed E-state index contributed by atoms with van der Waals surface area (Å²) in [6.07, 6.45) is 0.707. The first kappa shape index (κ1) is 19.5. The monoisotopic (exact) mass is 403 g/mol. The fraction of sp³-hybridized carbons (Fsp3) is 0.381. The summed E-state index contributed by atoms with van der Waals surface area (Å²) >= 11 is 0. The molecule has 0 aromatic heterocycles. The van der Waals surface area contributed by atoms with Gasteiger partial charge in [-0.1, -0.05) is 25.5 Å². The van der Waals surface area contributed by atoms with Gasteiger partial charge in [0.1, 0.15) is 18.2 Å². The SMILES string of the molecule is CCC[C@@H](O)COc1cc2c(cc1C1(OC)C(=O)Nc3c(F)cccc31)OCO2. The lowest BCUT2D eigenvalue weighted by Gasteiger charge is -2.29. The highest BCUT2D eigenvalue weighted by molar-refractivity contribution is 6.08. The summed E-state index contributed by atoms with van der Waals surface area (Å²) in [7, 11) is 1.37. The van der Waals surface area contributed by atoms with Crippen LogP contribution >= 0.6 is 0 Å². The Kier molecular flexibility index (Phi) is 5.06. The van der Waals surface area contributed by atoms with Gasteiger partial charge in [-0.3, -0.25) is 4.79 Å². The Morgan fingerprint density at radius 2 is 2.03 bits per heavy atom. The second-order valence-corrected chi connectivity index (χ2v) is 6.96. The second-order valence-electron chi connectivity index (χ2n) is 6.96. The van der Waals surface area contributed by atoms with Crippen LogP contribution in [0.3, 0.4) is 0 Å². The number of fused-ring (bicyclic) bond motifs is 2. The van der Waals surface area contributed by atoms with Gasteiger partial charge >= 0.3 is 0 Å². The van der Waals surface area contributed by atoms with Gasteiger partial charge in [-0.2, -0.15) is 0 Å². The molecule has 2 aliphatic heterocycles. The van der Waals surface area contributed by atoms with E-state index in [-0.39, 0.29) is 19.1 Å². The van der Waals surface area contributed by atoms with Crippen molar-refractivity contribution >= 4 is 11.6 Å². The maximum Gasteiger partial charge on any atom is 0.266 e. The van der Waals surface area contributed by atoms with E-state index in [9.17, 15) is 14.3 Å². The van der Waals surface area contributed by atoms with Crippen LogP contribution in [-0.2, 0) is 15.1 Å². The molecule has 0 spiro atoms. The van der Waals surface area contributed by atoms with Crippen molar-refractivity contribution in [1.82, 2.24) is 0 Å². The molecule has 1 unspecified atom stereocenters. The molecule has 2 N–H and O–H groups in total. The fourth-order valence-corrected chi connectivity index (χ4v) is 3.77. The molecule has 2 heterocycles. The smallest absolute Gasteiger partial charge is 0.266 e. The number of nitrogens with one attached hydrogen (secondary N) is 1. The first-order chi connectivity index (χ1) is 14.0. The largest absolute Gasteiger partial charge is 0.490 e. The lowest BCUT2D eigenvalue weighted by atomic mass is 9.86. The number of benzene rings is 2. The molecule has 154 valence electrons. The molecule has 7 nitrogen and oxygen atoms in total. The van der Waals surface area contributed by atoms with Crippen LogP contribution in [0.5, 0.6) is 17.2 Å². The molecule has 2 aromatic rings. The molecule has 1 amide bonds. The summed E-state index contributed by atoms with van der Waals surface area (Å²) in [6.45, 7) is 2.02. The number of carbonyl (C=O) groups is 1. The number of aliphatic hydroxyl groups is 1. The first-order valence-corrected chi connectivity index (χ1v) is 9.41. The average Bonchev–Trinajstić information content (AvgIpc) is 3.28. The van der Waals surface area contributed by atoms with E-state index in [2.05, 4.69) is 5.32 Å². The Labute approximate surface area is 167 Å². The molecule has 0 bridgehead atoms. The van der Waals surface area contributed by atoms with Gasteiger partial charge < -0.3 is 29.4 Å². The summed E-state index contributed by atoms with van der Waals surface area (Å²) in [5, 5.41) is 12.7. The number of ether oxygens (including phenoxy) is 4. The number of hydrogen-bond acceptors (Lipinski definition) is 6. The summed E-state index contributed by atoms with van der Waals surface area (Å²) in [5.74, 6) is 0.0705. The third-order valence-corrected chi connectivity index (χ3v) is 5.16. The maximum atomic E-state index is 14.3. The molecule has 4 rings (SSSR count). The molecule has 2 atom stereocenters. The molecule has 0 fully saturated rings. The topological polar surface area (TPSA) is 86.2 Å². The second kappa shape index (κ2) is 7.53. The average molecular weight is 403 g/mol. The van der Waals surface area contributed by atoms with Gasteiger partial charge in [0.15, 0.2) is 11.5 Å². The lowest BCUT2D eigenvalue weighted by Crippen LogP contribution is -2.38. The predicted octanol–water partition coefficient (Wildman–Crippen LogP) is 2.94. The number of carbonyl (C=O) groups excluding carboxylic acids is 1. The number of amides is 1. The van der Waals surface area contributed by atoms with Crippen LogP contribution in [0.25, 0.3) is 0 Å². The van der Waals surface area contributed by atoms with Crippen molar-refractivity contribution in [2.45, 2.75) is 31.5 Å². The van der Waals surface area contributed by atoms with Crippen LogP contribution in [0.2, 0.25) is 0 Å². The number of aliphatic hydroxyl groups excluding tert-OH is 1. The van der Waals surface area contributed by atoms with Gasteiger partial charge in [0.05, 0.1) is 11.8 Å². The third-order valence-electron chi connectivity index (χ3n) is 5.16. The van der Waals surface area contributed by atoms with Crippen LogP contribution in [0.4, 0.5) is 10.1 Å². The number of halogens is 1. The van der Waals surface area contributed by atoms with Crippen LogP contribution in [-0.4, -0.2) is 37.6 Å². The van der Waals surface area contributed by atoms with Gasteiger partial charge in [-0.25, -0.2) is 4.39 Å². The summed E-state index contributed by atoms with van der Waals surface area (Å²) in [5.41, 5.74) is -0.893. The molecular formula is C21H22FNO6. The number of methoxy groups -OCH3 is 1. The van der Waals surface area contributed by atoms with Gasteiger partial charge in [0.2, 0.25) is 12.4 Å². The Hall–Kier alpha value is -2.84. The van der Waals surface area contributed by atoms with E-state index in [0.29, 0.717) is 34.8 Å². The minimum Gasteiger partial charge on any atom is -0.490 e. The molecule has 0 aliphatic carbocycles. The third kappa shape index (κ3) is 3.08. The van der Waals surface area contributed by atoms with E-state index in [4.69, 9.17) is 18.9 Å². The number of para-hydroxylation sites is 1. The Bertz CT molecular complexity index is 949. The molecular weight excluding hydrogens is 381 g/mol. The van der Waals surface area contributed by atoms with E-state index in [1.165, 1.54) is 19.2 Å². The van der Waals surface area contributed by atoms with Gasteiger partial charge in [-0.05, 0) is 18.6 Å². The van der Waals surface area contributed by atoms with Crippen LogP contribution in [0.15, 0.2) is 30.3 Å². The van der Waals surface area contributed by atoms with Crippen LogP contribution < -0.4 is 19.5 Å². The molecule has 8 heteroatoms. The number of hydrogen-bond donors (Lipinski definition) is 2. The van der Waals surface area contributed by atoms with Crippen LogP contribution in [0, 0.1) is 5.82 Å². The Morgan fingerprint density at radius 1 is 1.28 bits per heavy atom. The van der Waals surface area contributed by atoms with Crippen molar-refractivity contribution in [3.8, 4) is 17.2 Å². The maximum absolute atomic E-state index is 14.3. The highest BCUT2D eigenvalue weighted by atomic mass is 19.1. The summed E-state index contributed by atoms with van der Waals surface area (Å²) in [6, 6.07) is 7.61. The zero-order valence-electron chi connectivity index (χ0n) is 16.2. The van der Waals surface area contributed by atoms with E-state index in [0.717, 1.165) is 6.42 Å². The normalized spacial score (nSPS) is 20.3. The van der Waals surface area contributed by atoms with Gasteiger partial charge in [-0.15, -0.1) is 0 Å². The molecule has 2 aliphatic rings. The van der Waals surface area contributed by atoms with Crippen molar-refractivity contribution in [3.63, 3.8) is 0 Å². The van der Waals surface area contributed by atoms with Crippen LogP contribution in [0.1, 0.15) is 30.9 Å². The Balaban J connectivity index is 1.85. The predicted molar refractivity (Wildman–Crippen MR) is 102 cm³/mol. The van der Waals surface area contributed by atoms with Gasteiger partial charge in [0, 0.05) is 24.3 Å². The van der Waals surface area contributed by atoms with Crippen molar-refractivity contribution < 1.29 is 33.2 Å². The molecule has 2 aromatic carbocycles. The Morgan fingerprint density at radius 3 is 2.76 bits per heavy atom. The minimum absolute atomic E-state index is 0.0257.